The molecule has 2 aromatic rings. The SMILES string of the molecule is CCOc1cc(/C=C/c2ccc(C(=O)O)cc2)c(OCC)cc1O. The number of phenolic OH excluding ortho intramolecular Hbond substituents is 1. The van der Waals surface area contributed by atoms with Crippen molar-refractivity contribution >= 4 is 18.1 Å². The Labute approximate surface area is 140 Å². The Morgan fingerprint density at radius 3 is 2.21 bits per heavy atom. The molecule has 2 aromatic carbocycles. The summed E-state index contributed by atoms with van der Waals surface area (Å²) in [5, 5.41) is 18.9. The van der Waals surface area contributed by atoms with E-state index in [1.54, 1.807) is 30.3 Å². The number of carboxylic acid groups (broad SMARTS) is 1. The summed E-state index contributed by atoms with van der Waals surface area (Å²) in [6.07, 6.45) is 3.68. The van der Waals surface area contributed by atoms with Gasteiger partial charge in [0.15, 0.2) is 11.5 Å². The van der Waals surface area contributed by atoms with Gasteiger partial charge in [0.25, 0.3) is 0 Å². The topological polar surface area (TPSA) is 76.0 Å². The van der Waals surface area contributed by atoms with Crippen molar-refractivity contribution in [2.24, 2.45) is 0 Å². The lowest BCUT2D eigenvalue weighted by Gasteiger charge is -2.12. The fraction of sp³-hybridized carbons (Fsp3) is 0.211. The van der Waals surface area contributed by atoms with Crippen molar-refractivity contribution in [3.05, 3.63) is 53.1 Å². The molecule has 0 aliphatic carbocycles. The Morgan fingerprint density at radius 2 is 1.62 bits per heavy atom. The van der Waals surface area contributed by atoms with Gasteiger partial charge in [0.2, 0.25) is 0 Å². The molecule has 0 atom stereocenters. The molecule has 0 heterocycles. The van der Waals surface area contributed by atoms with E-state index < -0.39 is 5.97 Å². The van der Waals surface area contributed by atoms with Crippen molar-refractivity contribution in [1.82, 2.24) is 0 Å². The molecular formula is C19H20O5. The van der Waals surface area contributed by atoms with E-state index in [2.05, 4.69) is 0 Å². The first-order valence-corrected chi connectivity index (χ1v) is 7.69. The summed E-state index contributed by atoms with van der Waals surface area (Å²) < 4.78 is 10.9. The molecule has 0 spiro atoms. The second-order valence-corrected chi connectivity index (χ2v) is 4.98. The van der Waals surface area contributed by atoms with Crippen LogP contribution in [0.1, 0.15) is 35.3 Å². The maximum atomic E-state index is 10.9. The number of benzene rings is 2. The van der Waals surface area contributed by atoms with Gasteiger partial charge in [-0.3, -0.25) is 0 Å². The predicted molar refractivity (Wildman–Crippen MR) is 92.8 cm³/mol. The highest BCUT2D eigenvalue weighted by atomic mass is 16.5. The van der Waals surface area contributed by atoms with Gasteiger partial charge in [0.05, 0.1) is 18.8 Å². The van der Waals surface area contributed by atoms with Crippen molar-refractivity contribution in [3.8, 4) is 17.2 Å². The van der Waals surface area contributed by atoms with Gasteiger partial charge in [0.1, 0.15) is 5.75 Å². The third-order valence-corrected chi connectivity index (χ3v) is 3.30. The number of ether oxygens (including phenoxy) is 2. The summed E-state index contributed by atoms with van der Waals surface area (Å²) in [5.74, 6) is 0.0194. The summed E-state index contributed by atoms with van der Waals surface area (Å²) >= 11 is 0. The summed E-state index contributed by atoms with van der Waals surface area (Å²) in [5.41, 5.74) is 1.86. The molecule has 0 aliphatic heterocycles. The van der Waals surface area contributed by atoms with Crippen LogP contribution in [-0.4, -0.2) is 29.4 Å². The van der Waals surface area contributed by atoms with E-state index in [-0.39, 0.29) is 11.3 Å². The van der Waals surface area contributed by atoms with Crippen LogP contribution in [0.2, 0.25) is 0 Å². The first-order valence-electron chi connectivity index (χ1n) is 7.69. The van der Waals surface area contributed by atoms with E-state index in [0.29, 0.717) is 24.7 Å². The fourth-order valence-corrected chi connectivity index (χ4v) is 2.17. The number of aromatic carboxylic acids is 1. The fourth-order valence-electron chi connectivity index (χ4n) is 2.17. The average Bonchev–Trinajstić information content (AvgIpc) is 2.57. The Hall–Kier alpha value is -2.95. The van der Waals surface area contributed by atoms with Gasteiger partial charge >= 0.3 is 5.97 Å². The van der Waals surface area contributed by atoms with Crippen molar-refractivity contribution in [2.45, 2.75) is 13.8 Å². The Bertz CT molecular complexity index is 732. The van der Waals surface area contributed by atoms with E-state index in [1.165, 1.54) is 6.07 Å². The molecule has 5 nitrogen and oxygen atoms in total. The zero-order valence-corrected chi connectivity index (χ0v) is 13.7. The van der Waals surface area contributed by atoms with Gasteiger partial charge in [0, 0.05) is 11.6 Å². The van der Waals surface area contributed by atoms with Crippen LogP contribution < -0.4 is 9.47 Å². The zero-order chi connectivity index (χ0) is 17.5. The van der Waals surface area contributed by atoms with Crippen LogP contribution in [0.5, 0.6) is 17.2 Å². The zero-order valence-electron chi connectivity index (χ0n) is 13.7. The van der Waals surface area contributed by atoms with Crippen LogP contribution in [0.4, 0.5) is 0 Å². The van der Waals surface area contributed by atoms with Crippen molar-refractivity contribution in [1.29, 1.82) is 0 Å². The normalized spacial score (nSPS) is 10.8. The minimum Gasteiger partial charge on any atom is -0.504 e. The molecule has 0 bridgehead atoms. The number of hydrogen-bond acceptors (Lipinski definition) is 4. The van der Waals surface area contributed by atoms with Gasteiger partial charge in [-0.1, -0.05) is 24.3 Å². The van der Waals surface area contributed by atoms with Crippen molar-refractivity contribution < 1.29 is 24.5 Å². The van der Waals surface area contributed by atoms with E-state index in [4.69, 9.17) is 14.6 Å². The molecule has 2 rings (SSSR count). The van der Waals surface area contributed by atoms with Gasteiger partial charge < -0.3 is 19.7 Å². The predicted octanol–water partition coefficient (Wildman–Crippen LogP) is 4.06. The van der Waals surface area contributed by atoms with Gasteiger partial charge in [-0.25, -0.2) is 4.79 Å². The number of rotatable bonds is 7. The molecule has 0 saturated carbocycles. The molecular weight excluding hydrogens is 308 g/mol. The van der Waals surface area contributed by atoms with Crippen LogP contribution in [0.3, 0.4) is 0 Å². The summed E-state index contributed by atoms with van der Waals surface area (Å²) in [7, 11) is 0. The standard InChI is InChI=1S/C19H20O5/c1-3-23-17-12-16(20)18(24-4-2)11-15(17)10-7-13-5-8-14(9-6-13)19(21)22/h5-12,20H,3-4H2,1-2H3,(H,21,22)/b10-7+. The number of carbonyl (C=O) groups is 1. The molecule has 5 heteroatoms. The third-order valence-electron chi connectivity index (χ3n) is 3.30. The molecule has 0 fully saturated rings. The van der Waals surface area contributed by atoms with E-state index in [9.17, 15) is 9.90 Å². The number of hydrogen-bond donors (Lipinski definition) is 2. The molecule has 0 aromatic heterocycles. The number of carboxylic acids is 1. The molecule has 0 aliphatic rings. The summed E-state index contributed by atoms with van der Waals surface area (Å²) in [4.78, 5) is 10.9. The largest absolute Gasteiger partial charge is 0.504 e. The second-order valence-electron chi connectivity index (χ2n) is 4.98. The Balaban J connectivity index is 2.31. The van der Waals surface area contributed by atoms with Crippen LogP contribution in [-0.2, 0) is 0 Å². The first-order chi connectivity index (χ1) is 11.5. The first kappa shape index (κ1) is 17.4. The molecule has 0 unspecified atom stereocenters. The lowest BCUT2D eigenvalue weighted by molar-refractivity contribution is 0.0697. The maximum absolute atomic E-state index is 10.9. The molecule has 0 amide bonds. The summed E-state index contributed by atoms with van der Waals surface area (Å²) in [6.45, 7) is 4.63. The van der Waals surface area contributed by atoms with E-state index in [0.717, 1.165) is 11.1 Å². The molecule has 24 heavy (non-hydrogen) atoms. The molecule has 126 valence electrons. The highest BCUT2D eigenvalue weighted by molar-refractivity contribution is 5.88. The molecule has 2 N–H and O–H groups in total. The smallest absolute Gasteiger partial charge is 0.335 e. The Kier molecular flexibility index (Phi) is 5.84. The van der Waals surface area contributed by atoms with Crippen LogP contribution in [0.15, 0.2) is 36.4 Å². The van der Waals surface area contributed by atoms with Crippen LogP contribution >= 0.6 is 0 Å². The summed E-state index contributed by atoms with van der Waals surface area (Å²) in [6, 6.07) is 9.80. The van der Waals surface area contributed by atoms with Gasteiger partial charge in [-0.2, -0.15) is 0 Å². The maximum Gasteiger partial charge on any atom is 0.335 e. The number of aromatic hydroxyl groups is 1. The van der Waals surface area contributed by atoms with Gasteiger partial charge in [-0.15, -0.1) is 0 Å². The highest BCUT2D eigenvalue weighted by Gasteiger charge is 2.09. The number of phenols is 1. The van der Waals surface area contributed by atoms with Crippen molar-refractivity contribution in [3.63, 3.8) is 0 Å². The van der Waals surface area contributed by atoms with Crippen LogP contribution in [0.25, 0.3) is 12.2 Å². The quantitative estimate of drug-likeness (QED) is 0.750. The minimum atomic E-state index is -0.955. The molecule has 0 radical (unpaired) electrons. The average molecular weight is 328 g/mol. The molecule has 0 saturated heterocycles. The van der Waals surface area contributed by atoms with Gasteiger partial charge in [-0.05, 0) is 37.6 Å². The van der Waals surface area contributed by atoms with Crippen molar-refractivity contribution in [2.75, 3.05) is 13.2 Å². The Morgan fingerprint density at radius 1 is 1.00 bits per heavy atom. The monoisotopic (exact) mass is 328 g/mol. The van der Waals surface area contributed by atoms with E-state index in [1.807, 2.05) is 26.0 Å². The highest BCUT2D eigenvalue weighted by Crippen LogP contribution is 2.35. The lowest BCUT2D eigenvalue weighted by atomic mass is 10.1. The third kappa shape index (κ3) is 4.29. The lowest BCUT2D eigenvalue weighted by Crippen LogP contribution is -1.97. The second kappa shape index (κ2) is 8.06. The minimum absolute atomic E-state index is 0.0308. The van der Waals surface area contributed by atoms with Crippen LogP contribution in [0, 0.1) is 0 Å². The van der Waals surface area contributed by atoms with E-state index >= 15 is 0 Å².